The zero-order valence-electron chi connectivity index (χ0n) is 20.4. The Kier molecular flexibility index (Phi) is 45.5. The monoisotopic (exact) mass is 1170 g/mol. The molecule has 0 aliphatic heterocycles. The summed E-state index contributed by atoms with van der Waals surface area (Å²) in [4.78, 5) is 0. The molecule has 0 atom stereocenters. The normalized spacial score (nSPS) is 7.45. The van der Waals surface area contributed by atoms with E-state index in [1.807, 2.05) is 57.2 Å². The summed E-state index contributed by atoms with van der Waals surface area (Å²) >= 11 is 0. The minimum absolute atomic E-state index is 0. The van der Waals surface area contributed by atoms with Gasteiger partial charge in [0.2, 0.25) is 0 Å². The van der Waals surface area contributed by atoms with Gasteiger partial charge in [0.25, 0.3) is 0 Å². The van der Waals surface area contributed by atoms with Crippen molar-refractivity contribution in [2.24, 2.45) is 0 Å². The van der Waals surface area contributed by atoms with E-state index in [2.05, 4.69) is 76.4 Å². The quantitative estimate of drug-likeness (QED) is 0.246. The van der Waals surface area contributed by atoms with Crippen molar-refractivity contribution in [2.75, 3.05) is 0 Å². The van der Waals surface area contributed by atoms with E-state index in [1.54, 1.807) is 0 Å². The largest absolute Gasteiger partial charge is 0.300 e. The second-order valence-electron chi connectivity index (χ2n) is 6.18. The summed E-state index contributed by atoms with van der Waals surface area (Å²) in [5.41, 5.74) is 7.68. The maximum absolute atomic E-state index is 3.12. The van der Waals surface area contributed by atoms with E-state index < -0.39 is 0 Å². The van der Waals surface area contributed by atoms with Gasteiger partial charge in [-0.05, 0) is 0 Å². The Hall–Kier alpha value is 2.65. The van der Waals surface area contributed by atoms with Crippen molar-refractivity contribution in [2.45, 2.75) is 41.5 Å². The van der Waals surface area contributed by atoms with Crippen molar-refractivity contribution >= 4 is 0 Å². The third-order valence-electron chi connectivity index (χ3n) is 4.28. The molecule has 0 amide bonds. The Morgan fingerprint density at radius 3 is 1.45 bits per heavy atom. The van der Waals surface area contributed by atoms with Crippen LogP contribution in [0.4, 0.5) is 0 Å². The van der Waals surface area contributed by atoms with Gasteiger partial charge in [-0.1, -0.05) is 13.8 Å². The van der Waals surface area contributed by atoms with Gasteiger partial charge >= 0.3 is 0 Å². The van der Waals surface area contributed by atoms with Crippen LogP contribution >= 0.6 is 0 Å². The van der Waals surface area contributed by atoms with Crippen LogP contribution in [0.3, 0.4) is 0 Å². The Balaban J connectivity index is -0.0000000759. The molecule has 33 heavy (non-hydrogen) atoms. The van der Waals surface area contributed by atoms with Gasteiger partial charge < -0.3 is 11.1 Å². The Morgan fingerprint density at radius 2 is 1.09 bits per heavy atom. The standard InChI is InChI=1S/3C9H10.3W.3Y/c3*1-3-9-7-5-4-6-8(9)2;;;;;;/h3,5-7H,1-2H3;3-4,6-7H,1-2H3;3-5,7H,1-2H3;;;;;;/q3*-2;;;;;;. The van der Waals surface area contributed by atoms with Crippen molar-refractivity contribution in [1.82, 2.24) is 0 Å². The average Bonchev–Trinajstić information content (AvgIpc) is 2.70. The third-order valence-corrected chi connectivity index (χ3v) is 4.28. The molecule has 0 heterocycles. The van der Waals surface area contributed by atoms with Gasteiger partial charge in [-0.25, -0.2) is 43.2 Å². The molecule has 0 spiro atoms. The number of rotatable bonds is 3. The summed E-state index contributed by atoms with van der Waals surface area (Å²) in [5.74, 6) is 0. The van der Waals surface area contributed by atoms with E-state index in [-0.39, 0.29) is 161 Å². The first-order valence-electron chi connectivity index (χ1n) is 9.32. The molecule has 0 bridgehead atoms. The van der Waals surface area contributed by atoms with Crippen LogP contribution in [0.25, 0.3) is 0 Å². The fraction of sp³-hybridized carbons (Fsp3) is 0.222. The molecular formula is C27H30W3Y3-6. The van der Waals surface area contributed by atoms with E-state index in [9.17, 15) is 0 Å². The van der Waals surface area contributed by atoms with E-state index in [4.69, 9.17) is 0 Å². The molecule has 3 rings (SSSR count). The maximum Gasteiger partial charge on any atom is 0 e. The van der Waals surface area contributed by atoms with Crippen LogP contribution in [0, 0.1) is 58.2 Å². The topological polar surface area (TPSA) is 0 Å². The molecule has 0 N–H and O–H groups in total. The molecule has 0 saturated carbocycles. The van der Waals surface area contributed by atoms with Crippen molar-refractivity contribution in [3.05, 3.63) is 125 Å². The van der Waals surface area contributed by atoms with Gasteiger partial charge in [-0.3, -0.25) is 29.3 Å². The summed E-state index contributed by atoms with van der Waals surface area (Å²) in [7, 11) is 0. The van der Waals surface area contributed by atoms with E-state index in [0.29, 0.717) is 0 Å². The summed E-state index contributed by atoms with van der Waals surface area (Å²) < 4.78 is 0. The maximum atomic E-state index is 3.12. The van der Waals surface area contributed by atoms with Crippen LogP contribution in [0.1, 0.15) is 54.2 Å². The summed E-state index contributed by atoms with van der Waals surface area (Å²) in [6.07, 6.45) is 6.28. The molecule has 0 aromatic heterocycles. The van der Waals surface area contributed by atoms with Crippen LogP contribution in [0.2, 0.25) is 0 Å². The zero-order valence-corrected chi connectivity index (χ0v) is 37.7. The van der Waals surface area contributed by atoms with Gasteiger partial charge in [0, 0.05) is 161 Å². The van der Waals surface area contributed by atoms with Crippen molar-refractivity contribution in [3.63, 3.8) is 0 Å². The number of hydrogen-bond acceptors (Lipinski definition) is 0. The molecule has 0 aliphatic carbocycles. The van der Waals surface area contributed by atoms with E-state index in [1.165, 1.54) is 33.4 Å². The first-order valence-corrected chi connectivity index (χ1v) is 9.32. The van der Waals surface area contributed by atoms with Crippen molar-refractivity contribution < 1.29 is 161 Å². The van der Waals surface area contributed by atoms with Gasteiger partial charge in [0.15, 0.2) is 0 Å². The molecule has 3 radical (unpaired) electrons. The first kappa shape index (κ1) is 48.7. The second-order valence-corrected chi connectivity index (χ2v) is 6.18. The smallest absolute Gasteiger partial charge is 0 e. The van der Waals surface area contributed by atoms with Crippen LogP contribution in [-0.2, 0) is 161 Å². The fourth-order valence-corrected chi connectivity index (χ4v) is 2.53. The second kappa shape index (κ2) is 30.9. The van der Waals surface area contributed by atoms with Crippen LogP contribution in [0.5, 0.6) is 0 Å². The number of aryl methyl sites for hydroxylation is 3. The van der Waals surface area contributed by atoms with Crippen LogP contribution in [0.15, 0.2) is 54.6 Å². The van der Waals surface area contributed by atoms with E-state index in [0.717, 1.165) is 0 Å². The first-order chi connectivity index (χ1) is 13.0. The summed E-state index contributed by atoms with van der Waals surface area (Å²) in [6, 6.07) is 27.2. The third kappa shape index (κ3) is 21.3. The van der Waals surface area contributed by atoms with Crippen LogP contribution in [-0.4, -0.2) is 0 Å². The molecular weight excluding hydrogens is 1140 g/mol. The fourth-order valence-electron chi connectivity index (χ4n) is 2.53. The Bertz CT molecular complexity index is 704. The summed E-state index contributed by atoms with van der Waals surface area (Å²) in [5, 5.41) is 0. The molecule has 0 fully saturated rings. The SMILES string of the molecule is C[CH-]c1c[c-]ccc1C.C[CH-]c1cc[c-]cc1C.C[CH-]c1ccc[c-]c1C.[W].[W].[W].[Y].[Y].[Y]. The minimum Gasteiger partial charge on any atom is -0.300 e. The molecule has 0 unspecified atom stereocenters. The van der Waals surface area contributed by atoms with Crippen molar-refractivity contribution in [1.29, 1.82) is 0 Å². The van der Waals surface area contributed by atoms with Gasteiger partial charge in [-0.15, -0.1) is 27.7 Å². The van der Waals surface area contributed by atoms with Gasteiger partial charge in [0.05, 0.1) is 0 Å². The van der Waals surface area contributed by atoms with E-state index >= 15 is 0 Å². The predicted molar refractivity (Wildman–Crippen MR) is 117 cm³/mol. The van der Waals surface area contributed by atoms with Crippen molar-refractivity contribution in [3.8, 4) is 0 Å². The molecule has 171 valence electrons. The minimum atomic E-state index is 0. The zero-order chi connectivity index (χ0) is 20.1. The molecule has 3 aromatic carbocycles. The molecule has 3 aromatic rings. The molecule has 0 aliphatic rings. The van der Waals surface area contributed by atoms with Gasteiger partial charge in [0.1, 0.15) is 0 Å². The number of hydrogen-bond donors (Lipinski definition) is 0. The van der Waals surface area contributed by atoms with Crippen LogP contribution < -0.4 is 0 Å². The summed E-state index contributed by atoms with van der Waals surface area (Å²) in [6.45, 7) is 12.4. The Labute approximate surface area is 322 Å². The van der Waals surface area contributed by atoms with Gasteiger partial charge in [-0.2, -0.15) is 41.8 Å². The average molecular weight is 1170 g/mol. The molecule has 0 nitrogen and oxygen atoms in total. The number of benzene rings is 3. The predicted octanol–water partition coefficient (Wildman–Crippen LogP) is 7.09. The molecule has 6 heteroatoms. The molecule has 0 saturated heterocycles. The Morgan fingerprint density at radius 1 is 0.576 bits per heavy atom.